The van der Waals surface area contributed by atoms with Crippen LogP contribution in [0.25, 0.3) is 0 Å². The number of benzene rings is 1. The second-order valence-corrected chi connectivity index (χ2v) is 3.44. The Morgan fingerprint density at radius 1 is 1.36 bits per heavy atom. The third-order valence-corrected chi connectivity index (χ3v) is 2.22. The summed E-state index contributed by atoms with van der Waals surface area (Å²) in [5, 5.41) is 17.7. The van der Waals surface area contributed by atoms with Crippen molar-refractivity contribution in [3.63, 3.8) is 0 Å². The molecule has 3 heteroatoms. The van der Waals surface area contributed by atoms with Gasteiger partial charge in [0.1, 0.15) is 5.75 Å². The molecule has 0 amide bonds. The minimum absolute atomic E-state index is 0.236. The van der Waals surface area contributed by atoms with Gasteiger partial charge in [0.2, 0.25) is 0 Å². The Labute approximate surface area is 83.0 Å². The second kappa shape index (κ2) is 4.65. The van der Waals surface area contributed by atoms with E-state index in [1.165, 1.54) is 0 Å². The molecule has 0 fully saturated rings. The summed E-state index contributed by atoms with van der Waals surface area (Å²) in [4.78, 5) is 10.5. The zero-order valence-electron chi connectivity index (χ0n) is 8.10. The molecule has 0 spiro atoms. The van der Waals surface area contributed by atoms with E-state index in [2.05, 4.69) is 0 Å². The van der Waals surface area contributed by atoms with Crippen molar-refractivity contribution < 1.29 is 15.0 Å². The van der Waals surface area contributed by atoms with Crippen molar-refractivity contribution >= 4 is 5.97 Å². The Morgan fingerprint density at radius 3 is 2.43 bits per heavy atom. The normalized spacial score (nSPS) is 12.4. The van der Waals surface area contributed by atoms with Crippen LogP contribution in [0.1, 0.15) is 18.9 Å². The second-order valence-electron chi connectivity index (χ2n) is 3.44. The minimum Gasteiger partial charge on any atom is -0.508 e. The van der Waals surface area contributed by atoms with Gasteiger partial charge in [-0.2, -0.15) is 0 Å². The SMILES string of the molecule is CC(CCc1ccc(O)cc1)C(=O)O. The summed E-state index contributed by atoms with van der Waals surface area (Å²) in [6.07, 6.45) is 1.36. The molecule has 76 valence electrons. The number of aryl methyl sites for hydroxylation is 1. The zero-order chi connectivity index (χ0) is 10.6. The highest BCUT2D eigenvalue weighted by Gasteiger charge is 2.10. The minimum atomic E-state index is -0.760. The first-order valence-electron chi connectivity index (χ1n) is 4.60. The van der Waals surface area contributed by atoms with Crippen molar-refractivity contribution in [2.75, 3.05) is 0 Å². The summed E-state index contributed by atoms with van der Waals surface area (Å²) < 4.78 is 0. The Hall–Kier alpha value is -1.51. The van der Waals surface area contributed by atoms with Crippen molar-refractivity contribution in [1.29, 1.82) is 0 Å². The molecule has 1 aromatic rings. The third kappa shape index (κ3) is 3.09. The number of aliphatic carboxylic acids is 1. The maximum Gasteiger partial charge on any atom is 0.306 e. The van der Waals surface area contributed by atoms with Gasteiger partial charge in [-0.25, -0.2) is 0 Å². The Balaban J connectivity index is 2.46. The van der Waals surface area contributed by atoms with Crippen LogP contribution >= 0.6 is 0 Å². The van der Waals surface area contributed by atoms with E-state index in [0.29, 0.717) is 6.42 Å². The number of phenolic OH excluding ortho intramolecular Hbond substituents is 1. The molecule has 0 aliphatic rings. The van der Waals surface area contributed by atoms with Crippen molar-refractivity contribution in [2.24, 2.45) is 5.92 Å². The molecule has 1 aromatic carbocycles. The number of carboxylic acid groups (broad SMARTS) is 1. The van der Waals surface area contributed by atoms with E-state index in [0.717, 1.165) is 12.0 Å². The number of carboxylic acids is 1. The first-order chi connectivity index (χ1) is 6.59. The van der Waals surface area contributed by atoms with Crippen LogP contribution in [0.15, 0.2) is 24.3 Å². The molecular formula is C11H14O3. The molecule has 0 saturated carbocycles. The fraction of sp³-hybridized carbons (Fsp3) is 0.364. The summed E-state index contributed by atoms with van der Waals surface area (Å²) in [6.45, 7) is 1.70. The van der Waals surface area contributed by atoms with Crippen molar-refractivity contribution in [3.05, 3.63) is 29.8 Å². The Kier molecular flexibility index (Phi) is 3.51. The van der Waals surface area contributed by atoms with Gasteiger partial charge in [-0.15, -0.1) is 0 Å². The first-order valence-corrected chi connectivity index (χ1v) is 4.60. The zero-order valence-corrected chi connectivity index (χ0v) is 8.10. The van der Waals surface area contributed by atoms with Crippen LogP contribution in [-0.2, 0) is 11.2 Å². The molecule has 0 aliphatic carbocycles. The fourth-order valence-electron chi connectivity index (χ4n) is 1.17. The molecular weight excluding hydrogens is 180 g/mol. The van der Waals surface area contributed by atoms with Crippen LogP contribution in [0.5, 0.6) is 5.75 Å². The van der Waals surface area contributed by atoms with Gasteiger partial charge in [0.05, 0.1) is 5.92 Å². The summed E-state index contributed by atoms with van der Waals surface area (Å²) in [5.74, 6) is -0.840. The smallest absolute Gasteiger partial charge is 0.306 e. The summed E-state index contributed by atoms with van der Waals surface area (Å²) >= 11 is 0. The Bertz CT molecular complexity index is 303. The number of carbonyl (C=O) groups is 1. The molecule has 0 bridgehead atoms. The topological polar surface area (TPSA) is 57.5 Å². The fourth-order valence-corrected chi connectivity index (χ4v) is 1.17. The quantitative estimate of drug-likeness (QED) is 0.771. The molecule has 0 aliphatic heterocycles. The molecule has 1 atom stereocenters. The maximum atomic E-state index is 10.5. The lowest BCUT2D eigenvalue weighted by Crippen LogP contribution is -2.10. The average molecular weight is 194 g/mol. The number of phenols is 1. The molecule has 3 nitrogen and oxygen atoms in total. The van der Waals surface area contributed by atoms with Gasteiger partial charge in [-0.1, -0.05) is 19.1 Å². The van der Waals surface area contributed by atoms with Crippen LogP contribution in [0.3, 0.4) is 0 Å². The lowest BCUT2D eigenvalue weighted by molar-refractivity contribution is -0.141. The largest absolute Gasteiger partial charge is 0.508 e. The summed E-state index contributed by atoms with van der Waals surface area (Å²) in [6, 6.07) is 6.84. The highest BCUT2D eigenvalue weighted by molar-refractivity contribution is 5.69. The van der Waals surface area contributed by atoms with Gasteiger partial charge in [0.25, 0.3) is 0 Å². The number of hydrogen-bond donors (Lipinski definition) is 2. The predicted octanol–water partition coefficient (Wildman–Crippen LogP) is 2.05. The summed E-state index contributed by atoms with van der Waals surface area (Å²) in [7, 11) is 0. The number of aromatic hydroxyl groups is 1. The van der Waals surface area contributed by atoms with Gasteiger partial charge < -0.3 is 10.2 Å². The molecule has 14 heavy (non-hydrogen) atoms. The summed E-state index contributed by atoms with van der Waals surface area (Å²) in [5.41, 5.74) is 1.05. The Morgan fingerprint density at radius 2 is 1.93 bits per heavy atom. The van der Waals surface area contributed by atoms with Crippen LogP contribution in [-0.4, -0.2) is 16.2 Å². The van der Waals surface area contributed by atoms with Gasteiger partial charge in [-0.05, 0) is 30.5 Å². The molecule has 0 radical (unpaired) electrons. The molecule has 0 aromatic heterocycles. The third-order valence-electron chi connectivity index (χ3n) is 2.22. The number of hydrogen-bond acceptors (Lipinski definition) is 2. The van der Waals surface area contributed by atoms with Crippen molar-refractivity contribution in [2.45, 2.75) is 19.8 Å². The molecule has 0 saturated heterocycles. The molecule has 2 N–H and O–H groups in total. The highest BCUT2D eigenvalue weighted by atomic mass is 16.4. The monoisotopic (exact) mass is 194 g/mol. The van der Waals surface area contributed by atoms with E-state index in [9.17, 15) is 4.79 Å². The number of rotatable bonds is 4. The van der Waals surface area contributed by atoms with Gasteiger partial charge in [-0.3, -0.25) is 4.79 Å². The van der Waals surface area contributed by atoms with Crippen LogP contribution < -0.4 is 0 Å². The van der Waals surface area contributed by atoms with Crippen molar-refractivity contribution in [3.8, 4) is 5.75 Å². The maximum absolute atomic E-state index is 10.5. The lowest BCUT2D eigenvalue weighted by Gasteiger charge is -2.05. The standard InChI is InChI=1S/C11H14O3/c1-8(11(13)14)2-3-9-4-6-10(12)7-5-9/h4-8,12H,2-3H2,1H3,(H,13,14). The van der Waals surface area contributed by atoms with Crippen LogP contribution in [0.2, 0.25) is 0 Å². The van der Waals surface area contributed by atoms with E-state index in [-0.39, 0.29) is 11.7 Å². The van der Waals surface area contributed by atoms with Crippen LogP contribution in [0, 0.1) is 5.92 Å². The molecule has 1 unspecified atom stereocenters. The van der Waals surface area contributed by atoms with E-state index < -0.39 is 5.97 Å². The van der Waals surface area contributed by atoms with Crippen LogP contribution in [0.4, 0.5) is 0 Å². The van der Waals surface area contributed by atoms with E-state index >= 15 is 0 Å². The van der Waals surface area contributed by atoms with E-state index in [4.69, 9.17) is 10.2 Å². The molecule has 1 rings (SSSR count). The molecule has 0 heterocycles. The van der Waals surface area contributed by atoms with Gasteiger partial charge in [0, 0.05) is 0 Å². The lowest BCUT2D eigenvalue weighted by atomic mass is 10.0. The van der Waals surface area contributed by atoms with E-state index in [1.54, 1.807) is 19.1 Å². The van der Waals surface area contributed by atoms with E-state index in [1.807, 2.05) is 12.1 Å². The highest BCUT2D eigenvalue weighted by Crippen LogP contribution is 2.13. The predicted molar refractivity (Wildman–Crippen MR) is 53.2 cm³/mol. The first kappa shape index (κ1) is 10.6. The average Bonchev–Trinajstić information content (AvgIpc) is 2.16. The van der Waals surface area contributed by atoms with Gasteiger partial charge >= 0.3 is 5.97 Å². The van der Waals surface area contributed by atoms with Crippen molar-refractivity contribution in [1.82, 2.24) is 0 Å². The van der Waals surface area contributed by atoms with Gasteiger partial charge in [0.15, 0.2) is 0 Å².